The summed E-state index contributed by atoms with van der Waals surface area (Å²) >= 11 is 4.03. The molecule has 0 radical (unpaired) electrons. The lowest BCUT2D eigenvalue weighted by molar-refractivity contribution is 0.0702. The van der Waals surface area contributed by atoms with Crippen molar-refractivity contribution >= 4 is 40.4 Å². The lowest BCUT2D eigenvalue weighted by Gasteiger charge is -1.99. The van der Waals surface area contributed by atoms with Crippen molar-refractivity contribution in [1.29, 1.82) is 0 Å². The zero-order valence-corrected chi connectivity index (χ0v) is 12.6. The molecule has 0 spiro atoms. The lowest BCUT2D eigenvalue weighted by Crippen LogP contribution is -1.92. The number of hydrogen-bond acceptors (Lipinski definition) is 7. The second kappa shape index (κ2) is 5.35. The molecule has 0 fully saturated rings. The SMILES string of the molecule is Cn1c(Sc2ncc(C(=O)O)s2)nnc1-c1cccs1. The summed E-state index contributed by atoms with van der Waals surface area (Å²) in [7, 11) is 1.88. The fourth-order valence-corrected chi connectivity index (χ4v) is 3.96. The number of carboxylic acids is 1. The van der Waals surface area contributed by atoms with E-state index in [1.807, 2.05) is 29.1 Å². The first-order valence-electron chi connectivity index (χ1n) is 5.45. The van der Waals surface area contributed by atoms with E-state index in [1.165, 1.54) is 18.0 Å². The highest BCUT2D eigenvalue weighted by Crippen LogP contribution is 2.32. The predicted octanol–water partition coefficient (Wildman–Crippen LogP) is 2.85. The molecule has 1 N–H and O–H groups in total. The van der Waals surface area contributed by atoms with E-state index in [-0.39, 0.29) is 4.88 Å². The molecule has 3 rings (SSSR count). The highest BCUT2D eigenvalue weighted by Gasteiger charge is 2.15. The summed E-state index contributed by atoms with van der Waals surface area (Å²) in [4.78, 5) is 16.1. The van der Waals surface area contributed by atoms with Crippen molar-refractivity contribution in [3.05, 3.63) is 28.6 Å². The molecule has 102 valence electrons. The van der Waals surface area contributed by atoms with E-state index in [0.717, 1.165) is 22.0 Å². The van der Waals surface area contributed by atoms with E-state index >= 15 is 0 Å². The standard InChI is InChI=1S/C11H8N4O2S3/c1-15-8(6-3-2-4-18-6)13-14-10(15)20-11-12-5-7(19-11)9(16)17/h2-5H,1H3,(H,16,17). The summed E-state index contributed by atoms with van der Waals surface area (Å²) in [6.45, 7) is 0. The van der Waals surface area contributed by atoms with Crippen molar-refractivity contribution in [2.45, 2.75) is 9.50 Å². The van der Waals surface area contributed by atoms with Crippen LogP contribution in [0.1, 0.15) is 9.67 Å². The minimum absolute atomic E-state index is 0.216. The summed E-state index contributed by atoms with van der Waals surface area (Å²) in [5, 5.41) is 19.8. The summed E-state index contributed by atoms with van der Waals surface area (Å²) in [5.41, 5.74) is 0. The first-order chi connectivity index (χ1) is 9.65. The van der Waals surface area contributed by atoms with E-state index in [1.54, 1.807) is 11.3 Å². The van der Waals surface area contributed by atoms with Crippen LogP contribution in [0.5, 0.6) is 0 Å². The van der Waals surface area contributed by atoms with Gasteiger partial charge in [-0.25, -0.2) is 9.78 Å². The maximum absolute atomic E-state index is 10.8. The first kappa shape index (κ1) is 13.3. The highest BCUT2D eigenvalue weighted by molar-refractivity contribution is 8.00. The van der Waals surface area contributed by atoms with Crippen LogP contribution < -0.4 is 0 Å². The third kappa shape index (κ3) is 2.47. The summed E-state index contributed by atoms with van der Waals surface area (Å²) < 4.78 is 2.51. The Morgan fingerprint density at radius 3 is 2.95 bits per heavy atom. The number of rotatable bonds is 4. The van der Waals surface area contributed by atoms with Crippen LogP contribution in [-0.4, -0.2) is 30.8 Å². The smallest absolute Gasteiger partial charge is 0.347 e. The molecule has 0 amide bonds. The average Bonchev–Trinajstić information content (AvgIpc) is 3.12. The molecule has 0 aliphatic rings. The first-order valence-corrected chi connectivity index (χ1v) is 7.96. The summed E-state index contributed by atoms with van der Waals surface area (Å²) in [5.74, 6) is -0.177. The van der Waals surface area contributed by atoms with E-state index in [4.69, 9.17) is 5.11 Å². The molecule has 0 bridgehead atoms. The van der Waals surface area contributed by atoms with Crippen LogP contribution in [0.2, 0.25) is 0 Å². The van der Waals surface area contributed by atoms with E-state index in [0.29, 0.717) is 9.50 Å². The van der Waals surface area contributed by atoms with Crippen molar-refractivity contribution in [3.63, 3.8) is 0 Å². The van der Waals surface area contributed by atoms with Gasteiger partial charge in [0.2, 0.25) is 0 Å². The molecular formula is C11H8N4O2S3. The van der Waals surface area contributed by atoms with E-state index in [2.05, 4.69) is 15.2 Å². The Bertz CT molecular complexity index is 748. The van der Waals surface area contributed by atoms with Gasteiger partial charge in [0.1, 0.15) is 4.88 Å². The number of aromatic carboxylic acids is 1. The highest BCUT2D eigenvalue weighted by atomic mass is 32.2. The number of nitrogens with zero attached hydrogens (tertiary/aromatic N) is 4. The quantitative estimate of drug-likeness (QED) is 0.795. The Balaban J connectivity index is 1.86. The Morgan fingerprint density at radius 1 is 1.45 bits per heavy atom. The lowest BCUT2D eigenvalue weighted by atomic mass is 10.4. The molecule has 0 aromatic carbocycles. The summed E-state index contributed by atoms with van der Waals surface area (Å²) in [6, 6.07) is 3.94. The zero-order chi connectivity index (χ0) is 14.1. The van der Waals surface area contributed by atoms with Gasteiger partial charge in [0.05, 0.1) is 11.1 Å². The van der Waals surface area contributed by atoms with E-state index in [9.17, 15) is 4.79 Å². The van der Waals surface area contributed by atoms with Gasteiger partial charge >= 0.3 is 5.97 Å². The van der Waals surface area contributed by atoms with Crippen LogP contribution in [0.15, 0.2) is 33.2 Å². The van der Waals surface area contributed by atoms with Crippen LogP contribution in [-0.2, 0) is 7.05 Å². The summed E-state index contributed by atoms with van der Waals surface area (Å²) in [6.07, 6.45) is 1.35. The number of hydrogen-bond donors (Lipinski definition) is 1. The average molecular weight is 324 g/mol. The largest absolute Gasteiger partial charge is 0.477 e. The van der Waals surface area contributed by atoms with E-state index < -0.39 is 5.97 Å². The molecule has 0 aliphatic carbocycles. The number of carboxylic acid groups (broad SMARTS) is 1. The topological polar surface area (TPSA) is 80.9 Å². The molecule has 3 aromatic heterocycles. The van der Waals surface area contributed by atoms with Gasteiger partial charge < -0.3 is 9.67 Å². The van der Waals surface area contributed by atoms with Crippen molar-refractivity contribution in [2.24, 2.45) is 7.05 Å². The molecule has 0 unspecified atom stereocenters. The van der Waals surface area contributed by atoms with Crippen molar-refractivity contribution in [1.82, 2.24) is 19.7 Å². The van der Waals surface area contributed by atoms with Gasteiger partial charge in [-0.15, -0.1) is 32.9 Å². The fraction of sp³-hybridized carbons (Fsp3) is 0.0909. The van der Waals surface area contributed by atoms with Crippen LogP contribution >= 0.6 is 34.4 Å². The second-order valence-corrected chi connectivity index (χ2v) is 6.93. The molecule has 3 heterocycles. The molecule has 20 heavy (non-hydrogen) atoms. The van der Waals surface area contributed by atoms with Gasteiger partial charge in [0.25, 0.3) is 0 Å². The van der Waals surface area contributed by atoms with Crippen LogP contribution in [0.25, 0.3) is 10.7 Å². The van der Waals surface area contributed by atoms with Crippen LogP contribution in [0.3, 0.4) is 0 Å². The molecule has 0 atom stereocenters. The Labute approximate surface area is 126 Å². The van der Waals surface area contributed by atoms with Gasteiger partial charge in [0, 0.05) is 7.05 Å². The Kier molecular flexibility index (Phi) is 3.55. The maximum Gasteiger partial charge on any atom is 0.347 e. The van der Waals surface area contributed by atoms with Crippen molar-refractivity contribution < 1.29 is 9.90 Å². The van der Waals surface area contributed by atoms with Gasteiger partial charge in [-0.3, -0.25) is 0 Å². The molecule has 0 saturated carbocycles. The van der Waals surface area contributed by atoms with Crippen molar-refractivity contribution in [2.75, 3.05) is 0 Å². The molecule has 0 saturated heterocycles. The van der Waals surface area contributed by atoms with Gasteiger partial charge in [0.15, 0.2) is 15.3 Å². The number of thiophene rings is 1. The maximum atomic E-state index is 10.8. The van der Waals surface area contributed by atoms with Crippen LogP contribution in [0, 0.1) is 0 Å². The minimum atomic E-state index is -0.966. The normalized spacial score (nSPS) is 10.8. The monoisotopic (exact) mass is 324 g/mol. The molecular weight excluding hydrogens is 316 g/mol. The third-order valence-electron chi connectivity index (χ3n) is 2.45. The third-order valence-corrected chi connectivity index (χ3v) is 5.41. The fourth-order valence-electron chi connectivity index (χ4n) is 1.51. The van der Waals surface area contributed by atoms with Gasteiger partial charge in [-0.1, -0.05) is 6.07 Å². The number of carbonyl (C=O) groups is 1. The molecule has 6 nitrogen and oxygen atoms in total. The molecule has 0 aliphatic heterocycles. The number of aromatic nitrogens is 4. The Hall–Kier alpha value is -1.71. The second-order valence-electron chi connectivity index (χ2n) is 3.74. The zero-order valence-electron chi connectivity index (χ0n) is 10.2. The van der Waals surface area contributed by atoms with Crippen LogP contribution in [0.4, 0.5) is 0 Å². The molecule has 9 heteroatoms. The predicted molar refractivity (Wildman–Crippen MR) is 77.5 cm³/mol. The van der Waals surface area contributed by atoms with Crippen molar-refractivity contribution in [3.8, 4) is 10.7 Å². The number of thiazole rings is 1. The van der Waals surface area contributed by atoms with Gasteiger partial charge in [-0.2, -0.15) is 0 Å². The molecule has 3 aromatic rings. The van der Waals surface area contributed by atoms with Gasteiger partial charge in [-0.05, 0) is 23.2 Å². The Morgan fingerprint density at radius 2 is 2.30 bits per heavy atom. The minimum Gasteiger partial charge on any atom is -0.477 e.